The number of rotatable bonds is 8. The number of halogens is 1. The largest absolute Gasteiger partial charge is 0.343 e. The van der Waals surface area contributed by atoms with Gasteiger partial charge in [-0.2, -0.15) is 0 Å². The first-order valence-corrected chi connectivity index (χ1v) is 17.6. The molecule has 9 nitrogen and oxygen atoms in total. The van der Waals surface area contributed by atoms with Crippen molar-refractivity contribution in [3.8, 4) is 0 Å². The van der Waals surface area contributed by atoms with Gasteiger partial charge in [-0.1, -0.05) is 48.9 Å². The van der Waals surface area contributed by atoms with Crippen LogP contribution in [0.2, 0.25) is 5.02 Å². The molecule has 10 heteroatoms. The maximum Gasteiger partial charge on any atom is 0.322 e. The summed E-state index contributed by atoms with van der Waals surface area (Å²) in [6.45, 7) is 13.0. The summed E-state index contributed by atoms with van der Waals surface area (Å²) >= 11 is 6.31. The molecule has 4 amide bonds. The van der Waals surface area contributed by atoms with Crippen LogP contribution in [0.25, 0.3) is 0 Å². The highest BCUT2D eigenvalue weighted by atomic mass is 35.5. The third-order valence-electron chi connectivity index (χ3n) is 10.7. The zero-order valence-electron chi connectivity index (χ0n) is 27.4. The van der Waals surface area contributed by atoms with Crippen LogP contribution >= 0.6 is 11.6 Å². The predicted molar refractivity (Wildman–Crippen MR) is 182 cm³/mol. The molecule has 46 heavy (non-hydrogen) atoms. The van der Waals surface area contributed by atoms with E-state index in [1.54, 1.807) is 0 Å². The van der Waals surface area contributed by atoms with E-state index in [0.29, 0.717) is 37.1 Å². The molecule has 6 rings (SSSR count). The van der Waals surface area contributed by atoms with Gasteiger partial charge >= 0.3 is 6.03 Å². The first-order chi connectivity index (χ1) is 22.3. The monoisotopic (exact) mass is 648 g/mol. The number of likely N-dealkylation sites (N-methyl/N-ethyl adjacent to an activating group) is 1. The van der Waals surface area contributed by atoms with Crippen molar-refractivity contribution < 1.29 is 14.4 Å². The number of nitrogens with zero attached hydrogens (tertiary/aromatic N) is 5. The number of aryl methyl sites for hydroxylation is 1. The molecule has 2 aromatic rings. The highest BCUT2D eigenvalue weighted by Crippen LogP contribution is 2.29. The fourth-order valence-corrected chi connectivity index (χ4v) is 7.92. The van der Waals surface area contributed by atoms with E-state index >= 15 is 0 Å². The van der Waals surface area contributed by atoms with E-state index in [-0.39, 0.29) is 30.3 Å². The lowest BCUT2D eigenvalue weighted by Gasteiger charge is -2.43. The number of fused-ring (bicyclic) bond motifs is 1. The Kier molecular flexibility index (Phi) is 10.5. The number of nitrogens with one attached hydrogen (secondary N) is 1. The normalized spacial score (nSPS) is 21.2. The molecule has 248 valence electrons. The number of hydrogen-bond donors (Lipinski definition) is 1. The van der Waals surface area contributed by atoms with E-state index in [9.17, 15) is 14.4 Å². The van der Waals surface area contributed by atoms with E-state index in [2.05, 4.69) is 28.1 Å². The Balaban J connectivity index is 1.07. The second-order valence-electron chi connectivity index (χ2n) is 13.5. The quantitative estimate of drug-likeness (QED) is 0.442. The average Bonchev–Trinajstić information content (AvgIpc) is 3.09. The van der Waals surface area contributed by atoms with Gasteiger partial charge in [-0.25, -0.2) is 4.79 Å². The Labute approximate surface area is 278 Å². The second-order valence-corrected chi connectivity index (χ2v) is 13.9. The Bertz CT molecular complexity index is 1400. The summed E-state index contributed by atoms with van der Waals surface area (Å²) in [6, 6.07) is 14.4. The maximum absolute atomic E-state index is 14.1. The zero-order valence-corrected chi connectivity index (χ0v) is 28.2. The molecule has 0 saturated carbocycles. The number of para-hydroxylation sites is 1. The van der Waals surface area contributed by atoms with Gasteiger partial charge in [-0.05, 0) is 74.4 Å². The van der Waals surface area contributed by atoms with Crippen LogP contribution in [0.15, 0.2) is 42.5 Å². The number of urea groups is 1. The van der Waals surface area contributed by atoms with Crippen LogP contribution in [0.4, 0.5) is 10.5 Å². The van der Waals surface area contributed by atoms with Crippen LogP contribution in [0.3, 0.4) is 0 Å². The molecule has 0 radical (unpaired) electrons. The molecule has 4 aliphatic heterocycles. The summed E-state index contributed by atoms with van der Waals surface area (Å²) in [4.78, 5) is 51.7. The number of benzene rings is 2. The minimum Gasteiger partial charge on any atom is -0.343 e. The molecule has 0 aliphatic carbocycles. The van der Waals surface area contributed by atoms with Gasteiger partial charge in [-0.15, -0.1) is 0 Å². The standard InChI is InChI=1S/C36H49ClN6O3/c1-3-39-18-20-40(21-19-39)30-10-16-42(17-11-30)35(45)29(23-27-8-9-32(37)26(2)22-27)24-34(44)41-14-12-31(13-15-41)43-25-28-6-4-5-7-33(28)38-36(43)46/h4-9,22,29-31H,3,10-21,23-25H2,1-2H3,(H,38,46). The van der Waals surface area contributed by atoms with Gasteiger partial charge in [0, 0.05) is 88.1 Å². The maximum atomic E-state index is 14.1. The molecule has 2 aromatic carbocycles. The number of piperidine rings is 2. The molecule has 0 aromatic heterocycles. The number of likely N-dealkylation sites (tertiary alicyclic amines) is 2. The van der Waals surface area contributed by atoms with Gasteiger partial charge in [0.1, 0.15) is 0 Å². The molecule has 4 aliphatic rings. The van der Waals surface area contributed by atoms with Gasteiger partial charge in [0.05, 0.1) is 5.92 Å². The number of hydrogen-bond acceptors (Lipinski definition) is 5. The van der Waals surface area contributed by atoms with Crippen molar-refractivity contribution in [2.45, 2.75) is 71.0 Å². The summed E-state index contributed by atoms with van der Waals surface area (Å²) < 4.78 is 0. The summed E-state index contributed by atoms with van der Waals surface area (Å²) in [5.41, 5.74) is 4.00. The summed E-state index contributed by atoms with van der Waals surface area (Å²) in [5.74, 6) is -0.298. The molecule has 1 atom stereocenters. The lowest BCUT2D eigenvalue weighted by Crippen LogP contribution is -2.54. The van der Waals surface area contributed by atoms with Gasteiger partial charge in [0.2, 0.25) is 11.8 Å². The van der Waals surface area contributed by atoms with Crippen molar-refractivity contribution in [3.05, 3.63) is 64.2 Å². The van der Waals surface area contributed by atoms with Gasteiger partial charge in [-0.3, -0.25) is 14.5 Å². The summed E-state index contributed by atoms with van der Waals surface area (Å²) in [7, 11) is 0. The first kappa shape index (κ1) is 32.8. The highest BCUT2D eigenvalue weighted by Gasteiger charge is 2.36. The first-order valence-electron chi connectivity index (χ1n) is 17.2. The third kappa shape index (κ3) is 7.53. The third-order valence-corrected chi connectivity index (χ3v) is 11.2. The van der Waals surface area contributed by atoms with Crippen molar-refractivity contribution in [2.75, 3.05) is 64.2 Å². The molecule has 0 bridgehead atoms. The van der Waals surface area contributed by atoms with E-state index < -0.39 is 5.92 Å². The number of carbonyl (C=O) groups excluding carboxylic acids is 3. The van der Waals surface area contributed by atoms with E-state index in [0.717, 1.165) is 93.9 Å². The van der Waals surface area contributed by atoms with Crippen molar-refractivity contribution in [1.82, 2.24) is 24.5 Å². The number of piperazine rings is 1. The van der Waals surface area contributed by atoms with Crippen molar-refractivity contribution in [2.24, 2.45) is 5.92 Å². The lowest BCUT2D eigenvalue weighted by molar-refractivity contribution is -0.143. The predicted octanol–water partition coefficient (Wildman–Crippen LogP) is 4.86. The van der Waals surface area contributed by atoms with Crippen LogP contribution < -0.4 is 5.32 Å². The minimum absolute atomic E-state index is 0.0274. The molecule has 4 heterocycles. The van der Waals surface area contributed by atoms with E-state index in [4.69, 9.17) is 11.6 Å². The SMILES string of the molecule is CCN1CCN(C2CCN(C(=O)C(CC(=O)N3CCC(N4Cc5ccccc5NC4=O)CC3)Cc3ccc(Cl)c(C)c3)CC2)CC1. The zero-order chi connectivity index (χ0) is 32.2. The van der Waals surface area contributed by atoms with E-state index in [1.165, 1.54) is 0 Å². The average molecular weight is 649 g/mol. The molecule has 3 saturated heterocycles. The molecule has 0 spiro atoms. The molecule has 1 unspecified atom stereocenters. The van der Waals surface area contributed by atoms with Crippen LogP contribution in [-0.2, 0) is 22.6 Å². The lowest BCUT2D eigenvalue weighted by atomic mass is 9.91. The number of carbonyl (C=O) groups is 3. The van der Waals surface area contributed by atoms with E-state index in [1.807, 2.05) is 58.0 Å². The van der Waals surface area contributed by atoms with Crippen LogP contribution in [0.1, 0.15) is 55.7 Å². The van der Waals surface area contributed by atoms with Gasteiger partial charge in [0.15, 0.2) is 0 Å². The van der Waals surface area contributed by atoms with Crippen molar-refractivity contribution in [3.63, 3.8) is 0 Å². The minimum atomic E-state index is -0.417. The van der Waals surface area contributed by atoms with Crippen LogP contribution in [0.5, 0.6) is 0 Å². The number of anilines is 1. The Morgan fingerprint density at radius 3 is 2.26 bits per heavy atom. The van der Waals surface area contributed by atoms with Gasteiger partial charge < -0.3 is 24.9 Å². The van der Waals surface area contributed by atoms with Crippen molar-refractivity contribution >= 4 is 35.1 Å². The van der Waals surface area contributed by atoms with Crippen LogP contribution in [0, 0.1) is 12.8 Å². The second kappa shape index (κ2) is 14.7. The topological polar surface area (TPSA) is 79.4 Å². The smallest absolute Gasteiger partial charge is 0.322 e. The Morgan fingerprint density at radius 1 is 0.891 bits per heavy atom. The molecule has 3 fully saturated rings. The highest BCUT2D eigenvalue weighted by molar-refractivity contribution is 6.31. The molecular formula is C36H49ClN6O3. The van der Waals surface area contributed by atoms with Crippen molar-refractivity contribution in [1.29, 1.82) is 0 Å². The Morgan fingerprint density at radius 2 is 1.57 bits per heavy atom. The number of amides is 4. The Hall–Kier alpha value is -3.14. The summed E-state index contributed by atoms with van der Waals surface area (Å²) in [6.07, 6.45) is 4.15. The molecule has 1 N–H and O–H groups in total. The summed E-state index contributed by atoms with van der Waals surface area (Å²) in [5, 5.41) is 3.73. The fraction of sp³-hybridized carbons (Fsp3) is 0.583. The van der Waals surface area contributed by atoms with Gasteiger partial charge in [0.25, 0.3) is 0 Å². The molecular weight excluding hydrogens is 600 g/mol. The fourth-order valence-electron chi connectivity index (χ4n) is 7.80. The van der Waals surface area contributed by atoms with Crippen LogP contribution in [-0.4, -0.2) is 113 Å².